The molecule has 4 heteroatoms. The highest BCUT2D eigenvalue weighted by atomic mass is 19.1. The van der Waals surface area contributed by atoms with Crippen molar-refractivity contribution in [1.82, 2.24) is 0 Å². The van der Waals surface area contributed by atoms with Crippen molar-refractivity contribution >= 4 is 0 Å². The first-order chi connectivity index (χ1) is 4.70. The normalized spacial score (nSPS) is 33.7. The van der Waals surface area contributed by atoms with Gasteiger partial charge in [0, 0.05) is 17.8 Å². The van der Waals surface area contributed by atoms with Gasteiger partial charge in [0.15, 0.2) is 0 Å². The van der Waals surface area contributed by atoms with Crippen LogP contribution in [0.15, 0.2) is 0 Å². The third-order valence-corrected chi connectivity index (χ3v) is 1.92. The molecule has 0 aromatic rings. The highest BCUT2D eigenvalue weighted by molar-refractivity contribution is 4.70. The van der Waals surface area contributed by atoms with E-state index in [0.29, 0.717) is 25.7 Å². The lowest BCUT2D eigenvalue weighted by molar-refractivity contribution is -0.526. The van der Waals surface area contributed by atoms with Crippen LogP contribution in [-0.2, 0) is 0 Å². The molecule has 0 amide bonds. The van der Waals surface area contributed by atoms with Crippen molar-refractivity contribution in [2.75, 3.05) is 0 Å². The number of nitrogens with zero attached hydrogens (tertiary/aromatic N) is 1. The van der Waals surface area contributed by atoms with Gasteiger partial charge in [-0.2, -0.15) is 0 Å². The summed E-state index contributed by atoms with van der Waals surface area (Å²) in [5.41, 5.74) is 0. The first kappa shape index (κ1) is 7.44. The Morgan fingerprint density at radius 3 is 2.20 bits per heavy atom. The highest BCUT2D eigenvalue weighted by Crippen LogP contribution is 2.22. The summed E-state index contributed by atoms with van der Waals surface area (Å²) in [6, 6.07) is -0.480. The van der Waals surface area contributed by atoms with E-state index in [1.54, 1.807) is 0 Å². The molecule has 1 aliphatic carbocycles. The van der Waals surface area contributed by atoms with Gasteiger partial charge in [-0.1, -0.05) is 0 Å². The number of rotatable bonds is 1. The largest absolute Gasteiger partial charge is 0.264 e. The van der Waals surface area contributed by atoms with Crippen molar-refractivity contribution in [1.29, 1.82) is 0 Å². The summed E-state index contributed by atoms with van der Waals surface area (Å²) >= 11 is 0. The molecule has 0 unspecified atom stereocenters. The number of hydrogen-bond acceptors (Lipinski definition) is 2. The fraction of sp³-hybridized carbons (Fsp3) is 1.00. The minimum absolute atomic E-state index is 0.300. The first-order valence-corrected chi connectivity index (χ1v) is 3.47. The van der Waals surface area contributed by atoms with E-state index in [0.717, 1.165) is 0 Å². The second kappa shape index (κ2) is 2.94. The van der Waals surface area contributed by atoms with Gasteiger partial charge in [-0.05, 0) is 12.8 Å². The molecule has 0 N–H and O–H groups in total. The SMILES string of the molecule is O=[N+]([O-])C1CCC(F)CC1. The van der Waals surface area contributed by atoms with E-state index in [9.17, 15) is 14.5 Å². The quantitative estimate of drug-likeness (QED) is 0.417. The van der Waals surface area contributed by atoms with Gasteiger partial charge in [-0.25, -0.2) is 4.39 Å². The zero-order valence-electron chi connectivity index (χ0n) is 5.62. The van der Waals surface area contributed by atoms with Crippen LogP contribution >= 0.6 is 0 Å². The monoisotopic (exact) mass is 147 g/mol. The van der Waals surface area contributed by atoms with Crippen molar-refractivity contribution in [3.8, 4) is 0 Å². The predicted molar refractivity (Wildman–Crippen MR) is 34.1 cm³/mol. The summed E-state index contributed by atoms with van der Waals surface area (Å²) in [5.74, 6) is 0. The number of alkyl halides is 1. The van der Waals surface area contributed by atoms with Crippen LogP contribution in [0, 0.1) is 10.1 Å². The zero-order valence-corrected chi connectivity index (χ0v) is 5.62. The fourth-order valence-electron chi connectivity index (χ4n) is 1.25. The summed E-state index contributed by atoms with van der Waals surface area (Å²) in [6.07, 6.45) is 0.760. The number of halogens is 1. The summed E-state index contributed by atoms with van der Waals surface area (Å²) in [6.45, 7) is 0. The van der Waals surface area contributed by atoms with E-state index < -0.39 is 12.2 Å². The van der Waals surface area contributed by atoms with Gasteiger partial charge in [-0.3, -0.25) is 10.1 Å². The van der Waals surface area contributed by atoms with Gasteiger partial charge in [0.1, 0.15) is 6.17 Å². The van der Waals surface area contributed by atoms with Crippen LogP contribution in [0.5, 0.6) is 0 Å². The highest BCUT2D eigenvalue weighted by Gasteiger charge is 2.27. The van der Waals surface area contributed by atoms with Gasteiger partial charge in [0.2, 0.25) is 6.04 Å². The van der Waals surface area contributed by atoms with Gasteiger partial charge < -0.3 is 0 Å². The van der Waals surface area contributed by atoms with Crippen LogP contribution in [0.2, 0.25) is 0 Å². The molecule has 0 heterocycles. The lowest BCUT2D eigenvalue weighted by atomic mass is 9.95. The molecule has 0 radical (unpaired) electrons. The molecular weight excluding hydrogens is 137 g/mol. The molecule has 58 valence electrons. The van der Waals surface area contributed by atoms with Gasteiger partial charge >= 0.3 is 0 Å². The Labute approximate surface area is 58.4 Å². The Hall–Kier alpha value is -0.670. The molecule has 1 saturated carbocycles. The number of hydrogen-bond donors (Lipinski definition) is 0. The Morgan fingerprint density at radius 1 is 1.30 bits per heavy atom. The molecule has 3 nitrogen and oxygen atoms in total. The van der Waals surface area contributed by atoms with E-state index in [2.05, 4.69) is 0 Å². The Balaban J connectivity index is 2.33. The molecule has 0 atom stereocenters. The molecule has 1 rings (SSSR count). The molecule has 1 fully saturated rings. The third kappa shape index (κ3) is 1.65. The predicted octanol–water partition coefficient (Wildman–Crippen LogP) is 1.54. The van der Waals surface area contributed by atoms with Gasteiger partial charge in [0.05, 0.1) is 0 Å². The zero-order chi connectivity index (χ0) is 7.56. The summed E-state index contributed by atoms with van der Waals surface area (Å²) < 4.78 is 12.4. The van der Waals surface area contributed by atoms with Crippen LogP contribution in [0.3, 0.4) is 0 Å². The van der Waals surface area contributed by atoms with E-state index in [4.69, 9.17) is 0 Å². The second-order valence-corrected chi connectivity index (χ2v) is 2.69. The molecule has 0 bridgehead atoms. The molecule has 0 saturated heterocycles. The Morgan fingerprint density at radius 2 is 1.80 bits per heavy atom. The molecule has 0 aromatic carbocycles. The lowest BCUT2D eigenvalue weighted by Gasteiger charge is -2.17. The van der Waals surface area contributed by atoms with E-state index in [1.165, 1.54) is 0 Å². The van der Waals surface area contributed by atoms with Crippen LogP contribution in [0.25, 0.3) is 0 Å². The molecule has 0 aromatic heterocycles. The maximum absolute atomic E-state index is 12.4. The first-order valence-electron chi connectivity index (χ1n) is 3.47. The van der Waals surface area contributed by atoms with Crippen molar-refractivity contribution in [3.05, 3.63) is 10.1 Å². The number of nitro groups is 1. The molecule has 0 aliphatic heterocycles. The summed E-state index contributed by atoms with van der Waals surface area (Å²) in [5, 5.41) is 10.1. The van der Waals surface area contributed by atoms with Crippen LogP contribution < -0.4 is 0 Å². The molecule has 10 heavy (non-hydrogen) atoms. The standard InChI is InChI=1S/C6H10FNO2/c7-5-1-3-6(4-2-5)8(9)10/h5-6H,1-4H2. The Kier molecular flexibility index (Phi) is 2.19. The van der Waals surface area contributed by atoms with Crippen molar-refractivity contribution in [2.45, 2.75) is 37.9 Å². The van der Waals surface area contributed by atoms with E-state index in [-0.39, 0.29) is 4.92 Å². The van der Waals surface area contributed by atoms with Gasteiger partial charge in [0.25, 0.3) is 0 Å². The van der Waals surface area contributed by atoms with Crippen LogP contribution in [0.1, 0.15) is 25.7 Å². The topological polar surface area (TPSA) is 43.1 Å². The smallest absolute Gasteiger partial charge is 0.213 e. The summed E-state index contributed by atoms with van der Waals surface area (Å²) in [4.78, 5) is 9.84. The van der Waals surface area contributed by atoms with Gasteiger partial charge in [-0.15, -0.1) is 0 Å². The third-order valence-electron chi connectivity index (χ3n) is 1.92. The second-order valence-electron chi connectivity index (χ2n) is 2.69. The maximum Gasteiger partial charge on any atom is 0.213 e. The molecule has 1 aliphatic rings. The molecule has 0 spiro atoms. The molecular formula is C6H10FNO2. The lowest BCUT2D eigenvalue weighted by Crippen LogP contribution is -2.26. The van der Waals surface area contributed by atoms with Crippen molar-refractivity contribution < 1.29 is 9.31 Å². The van der Waals surface area contributed by atoms with Crippen molar-refractivity contribution in [3.63, 3.8) is 0 Å². The van der Waals surface area contributed by atoms with Crippen LogP contribution in [0.4, 0.5) is 4.39 Å². The fourth-order valence-corrected chi connectivity index (χ4v) is 1.25. The Bertz CT molecular complexity index is 132. The average Bonchev–Trinajstić information content (AvgIpc) is 1.88. The van der Waals surface area contributed by atoms with E-state index >= 15 is 0 Å². The minimum Gasteiger partial charge on any atom is -0.264 e. The van der Waals surface area contributed by atoms with E-state index in [1.807, 2.05) is 0 Å². The maximum atomic E-state index is 12.4. The van der Waals surface area contributed by atoms with Crippen molar-refractivity contribution in [2.24, 2.45) is 0 Å². The summed E-state index contributed by atoms with van der Waals surface area (Å²) in [7, 11) is 0. The van der Waals surface area contributed by atoms with Crippen LogP contribution in [-0.4, -0.2) is 17.1 Å². The average molecular weight is 147 g/mol. The minimum atomic E-state index is -0.795.